The highest BCUT2D eigenvalue weighted by Crippen LogP contribution is 2.32. The molecule has 18 heavy (non-hydrogen) atoms. The van der Waals surface area contributed by atoms with E-state index in [1.54, 1.807) is 11.8 Å². The van der Waals surface area contributed by atoms with Crippen molar-refractivity contribution < 1.29 is 14.3 Å². The van der Waals surface area contributed by atoms with Gasteiger partial charge in [-0.1, -0.05) is 0 Å². The lowest BCUT2D eigenvalue weighted by atomic mass is 10.1. The summed E-state index contributed by atoms with van der Waals surface area (Å²) in [5, 5.41) is 0. The molecule has 2 aliphatic rings. The summed E-state index contributed by atoms with van der Waals surface area (Å²) in [5.41, 5.74) is -0.464. The molecule has 0 N–H and O–H groups in total. The normalized spacial score (nSPS) is 27.3. The molecule has 2 aliphatic heterocycles. The first-order valence-electron chi connectivity index (χ1n) is 6.53. The van der Waals surface area contributed by atoms with Gasteiger partial charge in [0, 0.05) is 32.5 Å². The van der Waals surface area contributed by atoms with Gasteiger partial charge in [0.15, 0.2) is 0 Å². The van der Waals surface area contributed by atoms with Crippen molar-refractivity contribution in [2.75, 3.05) is 19.6 Å². The number of carbonyl (C=O) groups excluding carboxylic acids is 2. The van der Waals surface area contributed by atoms with Crippen molar-refractivity contribution in [3.63, 3.8) is 0 Å². The molecule has 2 unspecified atom stereocenters. The SMILES string of the molecule is CC(=O)N1CC2CCN(C(=O)OC(C)(C)C)C2C1. The minimum Gasteiger partial charge on any atom is -0.444 e. The monoisotopic (exact) mass is 254 g/mol. The highest BCUT2D eigenvalue weighted by molar-refractivity contribution is 5.74. The molecule has 0 spiro atoms. The van der Waals surface area contributed by atoms with Crippen LogP contribution in [0, 0.1) is 5.92 Å². The van der Waals surface area contributed by atoms with Crippen LogP contribution in [0.25, 0.3) is 0 Å². The van der Waals surface area contributed by atoms with E-state index >= 15 is 0 Å². The van der Waals surface area contributed by atoms with Gasteiger partial charge in [0.2, 0.25) is 5.91 Å². The summed E-state index contributed by atoms with van der Waals surface area (Å²) in [4.78, 5) is 27.1. The van der Waals surface area contributed by atoms with E-state index in [9.17, 15) is 9.59 Å². The Kier molecular flexibility index (Phi) is 3.25. The number of fused-ring (bicyclic) bond motifs is 1. The maximum Gasteiger partial charge on any atom is 0.410 e. The van der Waals surface area contributed by atoms with Crippen molar-refractivity contribution >= 4 is 12.0 Å². The second-order valence-electron chi connectivity index (χ2n) is 6.21. The molecular formula is C13H22N2O3. The smallest absolute Gasteiger partial charge is 0.410 e. The first kappa shape index (κ1) is 13.2. The zero-order valence-electron chi connectivity index (χ0n) is 11.6. The lowest BCUT2D eigenvalue weighted by molar-refractivity contribution is -0.128. The van der Waals surface area contributed by atoms with Gasteiger partial charge in [-0.3, -0.25) is 4.79 Å². The molecule has 0 saturated carbocycles. The molecule has 0 aliphatic carbocycles. The Hall–Kier alpha value is -1.26. The lowest BCUT2D eigenvalue weighted by Crippen LogP contribution is -2.43. The van der Waals surface area contributed by atoms with Crippen LogP contribution in [0.1, 0.15) is 34.1 Å². The summed E-state index contributed by atoms with van der Waals surface area (Å²) in [7, 11) is 0. The topological polar surface area (TPSA) is 49.9 Å². The van der Waals surface area contributed by atoms with E-state index in [2.05, 4.69) is 0 Å². The quantitative estimate of drug-likeness (QED) is 0.658. The zero-order valence-corrected chi connectivity index (χ0v) is 11.6. The van der Waals surface area contributed by atoms with E-state index < -0.39 is 5.60 Å². The van der Waals surface area contributed by atoms with Crippen molar-refractivity contribution in [2.24, 2.45) is 5.92 Å². The van der Waals surface area contributed by atoms with Crippen molar-refractivity contribution in [1.29, 1.82) is 0 Å². The molecule has 2 rings (SSSR count). The van der Waals surface area contributed by atoms with Gasteiger partial charge in [0.25, 0.3) is 0 Å². The molecular weight excluding hydrogens is 232 g/mol. The van der Waals surface area contributed by atoms with Crippen LogP contribution in [0.3, 0.4) is 0 Å². The van der Waals surface area contributed by atoms with E-state index in [1.807, 2.05) is 25.7 Å². The number of hydrogen-bond donors (Lipinski definition) is 0. The molecule has 0 aromatic carbocycles. The Bertz CT molecular complexity index is 362. The molecule has 2 fully saturated rings. The van der Waals surface area contributed by atoms with Crippen LogP contribution in [0.2, 0.25) is 0 Å². The van der Waals surface area contributed by atoms with Crippen molar-refractivity contribution in [3.8, 4) is 0 Å². The Labute approximate surface area is 108 Å². The van der Waals surface area contributed by atoms with Crippen molar-refractivity contribution in [3.05, 3.63) is 0 Å². The number of nitrogens with zero attached hydrogens (tertiary/aromatic N) is 2. The molecule has 2 atom stereocenters. The molecule has 2 amide bonds. The second kappa shape index (κ2) is 4.44. The van der Waals surface area contributed by atoms with E-state index in [1.165, 1.54) is 0 Å². The Morgan fingerprint density at radius 3 is 2.44 bits per heavy atom. The second-order valence-corrected chi connectivity index (χ2v) is 6.21. The molecule has 0 aromatic rings. The van der Waals surface area contributed by atoms with Crippen LogP contribution in [0.15, 0.2) is 0 Å². The fourth-order valence-electron chi connectivity index (χ4n) is 2.77. The van der Waals surface area contributed by atoms with Crippen LogP contribution in [-0.4, -0.2) is 53.1 Å². The Morgan fingerprint density at radius 2 is 1.89 bits per heavy atom. The third-order valence-electron chi connectivity index (χ3n) is 3.62. The predicted octanol–water partition coefficient (Wildman–Crippen LogP) is 1.47. The van der Waals surface area contributed by atoms with Crippen LogP contribution < -0.4 is 0 Å². The Morgan fingerprint density at radius 1 is 1.22 bits per heavy atom. The first-order valence-corrected chi connectivity index (χ1v) is 6.53. The third kappa shape index (κ3) is 2.60. The number of amides is 2. The largest absolute Gasteiger partial charge is 0.444 e. The lowest BCUT2D eigenvalue weighted by Gasteiger charge is -2.28. The minimum absolute atomic E-state index is 0.0912. The zero-order chi connectivity index (χ0) is 13.5. The van der Waals surface area contributed by atoms with E-state index in [0.29, 0.717) is 12.5 Å². The summed E-state index contributed by atoms with van der Waals surface area (Å²) in [6.07, 6.45) is 0.716. The molecule has 5 heteroatoms. The number of likely N-dealkylation sites (tertiary alicyclic amines) is 2. The number of ether oxygens (including phenoxy) is 1. The highest BCUT2D eigenvalue weighted by Gasteiger charge is 2.45. The van der Waals surface area contributed by atoms with Gasteiger partial charge < -0.3 is 14.5 Å². The Balaban J connectivity index is 2.00. The molecule has 0 radical (unpaired) electrons. The van der Waals surface area contributed by atoms with Crippen LogP contribution in [0.4, 0.5) is 4.79 Å². The first-order chi connectivity index (χ1) is 8.28. The summed E-state index contributed by atoms with van der Waals surface area (Å²) < 4.78 is 5.41. The fourth-order valence-corrected chi connectivity index (χ4v) is 2.77. The van der Waals surface area contributed by atoms with Crippen LogP contribution >= 0.6 is 0 Å². The summed E-state index contributed by atoms with van der Waals surface area (Å²) in [6, 6.07) is 0.142. The van der Waals surface area contributed by atoms with Gasteiger partial charge in [0.1, 0.15) is 5.60 Å². The standard InChI is InChI=1S/C13H22N2O3/c1-9(16)14-7-10-5-6-15(11(10)8-14)12(17)18-13(2,3)4/h10-11H,5-8H2,1-4H3. The summed E-state index contributed by atoms with van der Waals surface area (Å²) >= 11 is 0. The van der Waals surface area contributed by atoms with Gasteiger partial charge in [-0.25, -0.2) is 4.79 Å². The molecule has 102 valence electrons. The minimum atomic E-state index is -0.464. The van der Waals surface area contributed by atoms with Gasteiger partial charge in [0.05, 0.1) is 6.04 Å². The van der Waals surface area contributed by atoms with E-state index in [-0.39, 0.29) is 18.0 Å². The maximum atomic E-state index is 12.1. The van der Waals surface area contributed by atoms with Gasteiger partial charge >= 0.3 is 6.09 Å². The van der Waals surface area contributed by atoms with E-state index in [4.69, 9.17) is 4.74 Å². The van der Waals surface area contributed by atoms with Gasteiger partial charge in [-0.15, -0.1) is 0 Å². The number of carbonyl (C=O) groups is 2. The average molecular weight is 254 g/mol. The molecule has 2 saturated heterocycles. The predicted molar refractivity (Wildman–Crippen MR) is 67.1 cm³/mol. The van der Waals surface area contributed by atoms with Gasteiger partial charge in [-0.05, 0) is 27.2 Å². The molecule has 5 nitrogen and oxygen atoms in total. The summed E-state index contributed by atoms with van der Waals surface area (Å²) in [5.74, 6) is 0.509. The van der Waals surface area contributed by atoms with E-state index in [0.717, 1.165) is 19.5 Å². The average Bonchev–Trinajstić information content (AvgIpc) is 2.71. The molecule has 0 bridgehead atoms. The fraction of sp³-hybridized carbons (Fsp3) is 0.846. The number of rotatable bonds is 0. The van der Waals surface area contributed by atoms with Gasteiger partial charge in [-0.2, -0.15) is 0 Å². The van der Waals surface area contributed by atoms with Crippen molar-refractivity contribution in [2.45, 2.75) is 45.8 Å². The highest BCUT2D eigenvalue weighted by atomic mass is 16.6. The molecule has 2 heterocycles. The van der Waals surface area contributed by atoms with Crippen LogP contribution in [0.5, 0.6) is 0 Å². The summed E-state index contributed by atoms with van der Waals surface area (Å²) in [6.45, 7) is 9.37. The number of hydrogen-bond acceptors (Lipinski definition) is 3. The third-order valence-corrected chi connectivity index (χ3v) is 3.62. The van der Waals surface area contributed by atoms with Crippen LogP contribution in [-0.2, 0) is 9.53 Å². The van der Waals surface area contributed by atoms with Crippen molar-refractivity contribution in [1.82, 2.24) is 9.80 Å². The maximum absolute atomic E-state index is 12.1. The molecule has 0 aromatic heterocycles.